The predicted molar refractivity (Wildman–Crippen MR) is 111 cm³/mol. The maximum atomic E-state index is 12.8. The Balaban J connectivity index is 1.57. The van der Waals surface area contributed by atoms with E-state index in [0.717, 1.165) is 12.3 Å². The van der Waals surface area contributed by atoms with Crippen LogP contribution >= 0.6 is 15.9 Å². The van der Waals surface area contributed by atoms with Crippen LogP contribution in [0.15, 0.2) is 39.7 Å². The van der Waals surface area contributed by atoms with Gasteiger partial charge in [0.05, 0.1) is 23.1 Å². The number of nitrogens with zero attached hydrogens (tertiary/aromatic N) is 2. The molecule has 7 heteroatoms. The van der Waals surface area contributed by atoms with E-state index in [1.54, 1.807) is 18.3 Å². The highest BCUT2D eigenvalue weighted by atomic mass is 79.9. The van der Waals surface area contributed by atoms with Crippen LogP contribution in [0.25, 0.3) is 5.69 Å². The largest absolute Gasteiger partial charge is 0.478 e. The second-order valence-corrected chi connectivity index (χ2v) is 9.44. The van der Waals surface area contributed by atoms with Gasteiger partial charge in [-0.2, -0.15) is 9.78 Å². The minimum Gasteiger partial charge on any atom is -0.478 e. The van der Waals surface area contributed by atoms with Crippen LogP contribution in [0.1, 0.15) is 44.0 Å². The summed E-state index contributed by atoms with van der Waals surface area (Å²) >= 11 is 3.43. The molecule has 2 aromatic rings. The molecule has 3 fully saturated rings. The number of carboxylic acids is 1. The smallest absolute Gasteiger partial charge is 0.335 e. The molecule has 1 aromatic heterocycles. The molecule has 6 nitrogen and oxygen atoms in total. The molecule has 0 unspecified atom stereocenters. The van der Waals surface area contributed by atoms with Crippen molar-refractivity contribution in [1.82, 2.24) is 9.78 Å². The fraction of sp³-hybridized carbons (Fsp3) is 0.476. The molecule has 1 heterocycles. The molecule has 4 atom stereocenters. The van der Waals surface area contributed by atoms with Crippen LogP contribution in [0.5, 0.6) is 0 Å². The SMILES string of the molecule is C[C@@H]1[C@H]2C[C@@H](C[C@H]1Nc1cnn(-c3ccc(C(=O)O)cc3)c(=O)c1Br)C2(C)C. The number of carboxylic acid groups (broad SMARTS) is 1. The zero-order valence-electron chi connectivity index (χ0n) is 16.1. The Morgan fingerprint density at radius 2 is 1.96 bits per heavy atom. The van der Waals surface area contributed by atoms with Crippen molar-refractivity contribution < 1.29 is 9.90 Å². The van der Waals surface area contributed by atoms with Crippen molar-refractivity contribution in [2.24, 2.45) is 23.2 Å². The maximum Gasteiger partial charge on any atom is 0.335 e. The number of rotatable bonds is 4. The van der Waals surface area contributed by atoms with E-state index in [-0.39, 0.29) is 11.1 Å². The van der Waals surface area contributed by atoms with Crippen molar-refractivity contribution >= 4 is 27.6 Å². The molecule has 5 rings (SSSR count). The Morgan fingerprint density at radius 3 is 2.54 bits per heavy atom. The number of hydrogen-bond acceptors (Lipinski definition) is 4. The molecule has 3 aliphatic carbocycles. The van der Waals surface area contributed by atoms with Gasteiger partial charge < -0.3 is 10.4 Å². The fourth-order valence-electron chi connectivity index (χ4n) is 5.00. The number of aromatic carboxylic acids is 1. The summed E-state index contributed by atoms with van der Waals surface area (Å²) in [4.78, 5) is 23.8. The van der Waals surface area contributed by atoms with Gasteiger partial charge in [-0.05, 0) is 76.2 Å². The molecule has 28 heavy (non-hydrogen) atoms. The van der Waals surface area contributed by atoms with Crippen molar-refractivity contribution in [2.45, 2.75) is 39.7 Å². The first kappa shape index (κ1) is 19.2. The first-order valence-corrected chi connectivity index (χ1v) is 10.4. The Bertz CT molecular complexity index is 983. The number of halogens is 1. The monoisotopic (exact) mass is 445 g/mol. The predicted octanol–water partition coefficient (Wildman–Crippen LogP) is 4.18. The van der Waals surface area contributed by atoms with Crippen LogP contribution in [-0.2, 0) is 0 Å². The molecular weight excluding hydrogens is 422 g/mol. The van der Waals surface area contributed by atoms with Gasteiger partial charge in [-0.15, -0.1) is 0 Å². The first-order chi connectivity index (χ1) is 13.2. The van der Waals surface area contributed by atoms with E-state index in [4.69, 9.17) is 5.11 Å². The summed E-state index contributed by atoms with van der Waals surface area (Å²) in [5.74, 6) is 0.975. The summed E-state index contributed by atoms with van der Waals surface area (Å²) in [6.45, 7) is 7.03. The van der Waals surface area contributed by atoms with Gasteiger partial charge in [0, 0.05) is 6.04 Å². The van der Waals surface area contributed by atoms with E-state index in [1.807, 2.05) is 0 Å². The van der Waals surface area contributed by atoms with Crippen LogP contribution in [-0.4, -0.2) is 26.9 Å². The van der Waals surface area contributed by atoms with E-state index < -0.39 is 5.97 Å². The number of nitrogens with one attached hydrogen (secondary N) is 1. The van der Waals surface area contributed by atoms with Crippen LogP contribution in [0, 0.1) is 23.2 Å². The molecule has 3 aliphatic rings. The third kappa shape index (κ3) is 2.96. The van der Waals surface area contributed by atoms with Gasteiger partial charge in [0.25, 0.3) is 5.56 Å². The second-order valence-electron chi connectivity index (χ2n) is 8.65. The highest BCUT2D eigenvalue weighted by Crippen LogP contribution is 2.61. The first-order valence-electron chi connectivity index (χ1n) is 9.58. The van der Waals surface area contributed by atoms with Crippen LogP contribution in [0.4, 0.5) is 5.69 Å². The Morgan fingerprint density at radius 1 is 1.29 bits per heavy atom. The third-order valence-corrected chi connectivity index (χ3v) is 7.74. The van der Waals surface area contributed by atoms with Crippen molar-refractivity contribution in [3.63, 3.8) is 0 Å². The maximum absolute atomic E-state index is 12.8. The average Bonchev–Trinajstić information content (AvgIpc) is 2.66. The Kier molecular flexibility index (Phi) is 4.61. The standard InChI is InChI=1S/C21H24BrN3O3/c1-11-15-8-13(21(15,2)3)9-16(11)24-17-10-23-25(19(26)18(17)22)14-6-4-12(5-7-14)20(27)28/h4-7,10-11,13,15-16,24H,8-9H2,1-3H3,(H,27,28)/t11-,13+,15-,16-/m1/s1. The second kappa shape index (κ2) is 6.72. The quantitative estimate of drug-likeness (QED) is 0.737. The molecule has 0 radical (unpaired) electrons. The number of hydrogen-bond donors (Lipinski definition) is 2. The zero-order valence-corrected chi connectivity index (χ0v) is 17.7. The van der Waals surface area contributed by atoms with Gasteiger partial charge in [-0.3, -0.25) is 4.79 Å². The van der Waals surface area contributed by atoms with E-state index in [9.17, 15) is 9.59 Å². The Hall–Kier alpha value is -2.15. The van der Waals surface area contributed by atoms with Crippen molar-refractivity contribution in [3.8, 4) is 5.69 Å². The highest BCUT2D eigenvalue weighted by Gasteiger charge is 2.56. The van der Waals surface area contributed by atoms with Crippen molar-refractivity contribution in [2.75, 3.05) is 5.32 Å². The molecular formula is C21H24BrN3O3. The number of fused-ring (bicyclic) bond motifs is 2. The number of benzene rings is 1. The lowest BCUT2D eigenvalue weighted by atomic mass is 9.45. The molecule has 0 aliphatic heterocycles. The summed E-state index contributed by atoms with van der Waals surface area (Å²) in [6.07, 6.45) is 4.07. The molecule has 2 bridgehead atoms. The van der Waals surface area contributed by atoms with E-state index >= 15 is 0 Å². The minimum absolute atomic E-state index is 0.168. The van der Waals surface area contributed by atoms with Gasteiger partial charge in [0.1, 0.15) is 4.47 Å². The minimum atomic E-state index is -1.00. The summed E-state index contributed by atoms with van der Waals surface area (Å²) in [7, 11) is 0. The molecule has 3 saturated carbocycles. The van der Waals surface area contributed by atoms with Gasteiger partial charge >= 0.3 is 5.97 Å². The van der Waals surface area contributed by atoms with Crippen LogP contribution < -0.4 is 10.9 Å². The third-order valence-electron chi connectivity index (χ3n) is 6.97. The van der Waals surface area contributed by atoms with E-state index in [0.29, 0.717) is 39.1 Å². The van der Waals surface area contributed by atoms with Crippen molar-refractivity contribution in [1.29, 1.82) is 0 Å². The topological polar surface area (TPSA) is 84.2 Å². The van der Waals surface area contributed by atoms with Crippen molar-refractivity contribution in [3.05, 3.63) is 50.9 Å². The molecule has 0 saturated heterocycles. The normalized spacial score (nSPS) is 27.7. The summed E-state index contributed by atoms with van der Waals surface area (Å²) in [5.41, 5.74) is 1.54. The average molecular weight is 446 g/mol. The van der Waals surface area contributed by atoms with E-state index in [2.05, 4.69) is 47.1 Å². The molecule has 148 valence electrons. The van der Waals surface area contributed by atoms with Gasteiger partial charge in [0.15, 0.2) is 0 Å². The number of aromatic nitrogens is 2. The zero-order chi connectivity index (χ0) is 20.2. The molecule has 0 amide bonds. The summed E-state index contributed by atoms with van der Waals surface area (Å²) in [6, 6.07) is 6.42. The molecule has 0 spiro atoms. The molecule has 2 N–H and O–H groups in total. The fourth-order valence-corrected chi connectivity index (χ4v) is 5.39. The van der Waals surface area contributed by atoms with E-state index in [1.165, 1.54) is 23.2 Å². The van der Waals surface area contributed by atoms with Gasteiger partial charge in [-0.1, -0.05) is 20.8 Å². The number of carbonyl (C=O) groups is 1. The number of anilines is 1. The Labute approximate surface area is 172 Å². The van der Waals surface area contributed by atoms with Gasteiger partial charge in [-0.25, -0.2) is 4.79 Å². The van der Waals surface area contributed by atoms with Crippen LogP contribution in [0.3, 0.4) is 0 Å². The van der Waals surface area contributed by atoms with Crippen LogP contribution in [0.2, 0.25) is 0 Å². The molecule has 1 aromatic carbocycles. The lowest BCUT2D eigenvalue weighted by Gasteiger charge is -2.62. The summed E-state index contributed by atoms with van der Waals surface area (Å²) in [5, 5.41) is 16.9. The lowest BCUT2D eigenvalue weighted by molar-refractivity contribution is -0.105. The summed E-state index contributed by atoms with van der Waals surface area (Å²) < 4.78 is 1.71. The van der Waals surface area contributed by atoms with Gasteiger partial charge in [0.2, 0.25) is 0 Å². The lowest BCUT2D eigenvalue weighted by Crippen LogP contribution is -2.58. The highest BCUT2D eigenvalue weighted by molar-refractivity contribution is 9.10.